The highest BCUT2D eigenvalue weighted by Gasteiger charge is 2.13. The summed E-state index contributed by atoms with van der Waals surface area (Å²) in [5, 5.41) is 13.6. The maximum absolute atomic E-state index is 12.4. The van der Waals surface area contributed by atoms with Crippen molar-refractivity contribution in [2.75, 3.05) is 13.7 Å². The number of hydrazone groups is 1. The normalized spacial score (nSPS) is 10.6. The summed E-state index contributed by atoms with van der Waals surface area (Å²) in [4.78, 5) is 24.5. The molecule has 8 heteroatoms. The molecule has 0 unspecified atom stereocenters. The van der Waals surface area contributed by atoms with Crippen LogP contribution in [0.2, 0.25) is 0 Å². The number of phenols is 1. The molecule has 0 aliphatic rings. The van der Waals surface area contributed by atoms with Crippen LogP contribution in [0, 0.1) is 0 Å². The minimum absolute atomic E-state index is 0.110. The number of hydrogen-bond acceptors (Lipinski definition) is 7. The van der Waals surface area contributed by atoms with Gasteiger partial charge in [0.25, 0.3) is 5.91 Å². The van der Waals surface area contributed by atoms with Crippen LogP contribution in [0.1, 0.15) is 33.2 Å². The summed E-state index contributed by atoms with van der Waals surface area (Å²) >= 11 is 0. The van der Waals surface area contributed by atoms with E-state index in [4.69, 9.17) is 14.2 Å². The number of amides is 1. The number of nitrogens with one attached hydrogen (secondary N) is 1. The molecule has 0 bridgehead atoms. The Balaban J connectivity index is 1.66. The fourth-order valence-corrected chi connectivity index (χ4v) is 2.75. The molecule has 0 atom stereocenters. The van der Waals surface area contributed by atoms with E-state index in [1.807, 2.05) is 6.92 Å². The Morgan fingerprint density at radius 3 is 2.47 bits per heavy atom. The van der Waals surface area contributed by atoms with Crippen molar-refractivity contribution in [2.45, 2.75) is 6.92 Å². The Morgan fingerprint density at radius 1 is 1.03 bits per heavy atom. The first kappa shape index (κ1) is 22.4. The van der Waals surface area contributed by atoms with Gasteiger partial charge in [0.05, 0.1) is 31.1 Å². The van der Waals surface area contributed by atoms with E-state index >= 15 is 0 Å². The fourth-order valence-electron chi connectivity index (χ4n) is 2.75. The average Bonchev–Trinajstić information content (AvgIpc) is 2.80. The van der Waals surface area contributed by atoms with Gasteiger partial charge < -0.3 is 19.3 Å². The van der Waals surface area contributed by atoms with Crippen LogP contribution in [0.15, 0.2) is 71.8 Å². The van der Waals surface area contributed by atoms with Gasteiger partial charge in [-0.25, -0.2) is 10.2 Å². The van der Waals surface area contributed by atoms with Crippen molar-refractivity contribution < 1.29 is 28.9 Å². The quantitative estimate of drug-likeness (QED) is 0.242. The Morgan fingerprint density at radius 2 is 1.78 bits per heavy atom. The number of ether oxygens (including phenoxy) is 3. The van der Waals surface area contributed by atoms with E-state index in [0.29, 0.717) is 29.2 Å². The molecule has 1 amide bonds. The molecule has 3 aromatic carbocycles. The van der Waals surface area contributed by atoms with Crippen molar-refractivity contribution in [3.63, 3.8) is 0 Å². The lowest BCUT2D eigenvalue weighted by Crippen LogP contribution is -2.17. The van der Waals surface area contributed by atoms with Gasteiger partial charge in [-0.3, -0.25) is 4.79 Å². The van der Waals surface area contributed by atoms with Crippen LogP contribution in [0.3, 0.4) is 0 Å². The number of esters is 1. The Labute approximate surface area is 185 Å². The highest BCUT2D eigenvalue weighted by Crippen LogP contribution is 2.28. The minimum Gasteiger partial charge on any atom is -0.507 e. The first-order chi connectivity index (χ1) is 15.5. The molecule has 0 spiro atoms. The van der Waals surface area contributed by atoms with Crippen molar-refractivity contribution in [3.8, 4) is 23.0 Å². The molecule has 2 N–H and O–H groups in total. The summed E-state index contributed by atoms with van der Waals surface area (Å²) in [5.41, 5.74) is 3.42. The second kappa shape index (κ2) is 10.6. The number of hydrogen-bond donors (Lipinski definition) is 2. The largest absolute Gasteiger partial charge is 0.507 e. The minimum atomic E-state index is -0.549. The van der Waals surface area contributed by atoms with Crippen LogP contribution in [0.25, 0.3) is 0 Å². The predicted octanol–water partition coefficient (Wildman–Crippen LogP) is 3.78. The van der Waals surface area contributed by atoms with Gasteiger partial charge in [-0.15, -0.1) is 0 Å². The molecule has 3 aromatic rings. The van der Waals surface area contributed by atoms with Crippen molar-refractivity contribution in [1.29, 1.82) is 0 Å². The number of aromatic hydroxyl groups is 1. The van der Waals surface area contributed by atoms with Gasteiger partial charge in [0.1, 0.15) is 11.5 Å². The predicted molar refractivity (Wildman–Crippen MR) is 119 cm³/mol. The van der Waals surface area contributed by atoms with Gasteiger partial charge in [0.15, 0.2) is 11.5 Å². The summed E-state index contributed by atoms with van der Waals surface area (Å²) in [7, 11) is 1.45. The van der Waals surface area contributed by atoms with E-state index in [1.54, 1.807) is 54.6 Å². The number of nitrogens with zero attached hydrogens (tertiary/aromatic N) is 1. The van der Waals surface area contributed by atoms with Gasteiger partial charge in [-0.1, -0.05) is 12.1 Å². The third kappa shape index (κ3) is 5.63. The molecular weight excluding hydrogens is 412 g/mol. The molecule has 8 nitrogen and oxygen atoms in total. The van der Waals surface area contributed by atoms with E-state index in [2.05, 4.69) is 10.5 Å². The first-order valence-corrected chi connectivity index (χ1v) is 9.76. The zero-order chi connectivity index (χ0) is 22.9. The lowest BCUT2D eigenvalue weighted by Gasteiger charge is -2.10. The molecule has 0 fully saturated rings. The van der Waals surface area contributed by atoms with Gasteiger partial charge in [0.2, 0.25) is 0 Å². The van der Waals surface area contributed by atoms with Crippen molar-refractivity contribution in [1.82, 2.24) is 5.43 Å². The number of benzene rings is 3. The topological polar surface area (TPSA) is 106 Å². The lowest BCUT2D eigenvalue weighted by molar-refractivity contribution is 0.0729. The third-order valence-electron chi connectivity index (χ3n) is 4.32. The maximum Gasteiger partial charge on any atom is 0.343 e. The smallest absolute Gasteiger partial charge is 0.343 e. The Kier molecular flexibility index (Phi) is 7.42. The van der Waals surface area contributed by atoms with Gasteiger partial charge in [-0.05, 0) is 67.1 Å². The molecule has 164 valence electrons. The van der Waals surface area contributed by atoms with E-state index in [9.17, 15) is 14.7 Å². The summed E-state index contributed by atoms with van der Waals surface area (Å²) in [6.45, 7) is 2.42. The number of para-hydroxylation sites is 1. The number of carbonyl (C=O) groups excluding carboxylic acids is 2. The molecular formula is C24H22N2O6. The molecule has 0 radical (unpaired) electrons. The van der Waals surface area contributed by atoms with Crippen LogP contribution in [-0.2, 0) is 0 Å². The highest BCUT2D eigenvalue weighted by atomic mass is 16.6. The SMILES string of the molecule is CCOc1ccc(C(=O)Oc2ccc(C=NNC(=O)c3ccccc3O)cc2OC)cc1. The molecule has 0 saturated heterocycles. The molecule has 32 heavy (non-hydrogen) atoms. The Hall–Kier alpha value is -4.33. The van der Waals surface area contributed by atoms with E-state index in [0.717, 1.165) is 0 Å². The van der Waals surface area contributed by atoms with Gasteiger partial charge in [-0.2, -0.15) is 5.10 Å². The van der Waals surface area contributed by atoms with Crippen LogP contribution in [-0.4, -0.2) is 36.9 Å². The number of phenolic OH excluding ortho intramolecular Hbond substituents is 1. The van der Waals surface area contributed by atoms with Crippen molar-refractivity contribution in [3.05, 3.63) is 83.4 Å². The monoisotopic (exact) mass is 434 g/mol. The average molecular weight is 434 g/mol. The van der Waals surface area contributed by atoms with E-state index in [-0.39, 0.29) is 17.1 Å². The molecule has 0 saturated carbocycles. The van der Waals surface area contributed by atoms with Crippen LogP contribution in [0.4, 0.5) is 0 Å². The molecule has 3 rings (SSSR count). The molecule has 0 aliphatic heterocycles. The maximum atomic E-state index is 12.4. The second-order valence-electron chi connectivity index (χ2n) is 6.47. The number of methoxy groups -OCH3 is 1. The molecule has 0 aromatic heterocycles. The second-order valence-corrected chi connectivity index (χ2v) is 6.47. The van der Waals surface area contributed by atoms with Crippen LogP contribution >= 0.6 is 0 Å². The summed E-state index contributed by atoms with van der Waals surface area (Å²) in [5.74, 6) is -0.00244. The Bertz CT molecular complexity index is 1130. The zero-order valence-electron chi connectivity index (χ0n) is 17.6. The summed E-state index contributed by atoms with van der Waals surface area (Å²) in [6.07, 6.45) is 1.40. The van der Waals surface area contributed by atoms with Crippen molar-refractivity contribution >= 4 is 18.1 Å². The number of rotatable bonds is 8. The summed E-state index contributed by atoms with van der Waals surface area (Å²) < 4.78 is 16.1. The summed E-state index contributed by atoms with van der Waals surface area (Å²) in [6, 6.07) is 17.6. The van der Waals surface area contributed by atoms with Crippen molar-refractivity contribution in [2.24, 2.45) is 5.10 Å². The first-order valence-electron chi connectivity index (χ1n) is 9.76. The van der Waals surface area contributed by atoms with E-state index in [1.165, 1.54) is 25.5 Å². The number of carbonyl (C=O) groups is 2. The van der Waals surface area contributed by atoms with Gasteiger partial charge >= 0.3 is 5.97 Å². The fraction of sp³-hybridized carbons (Fsp3) is 0.125. The zero-order valence-corrected chi connectivity index (χ0v) is 17.6. The van der Waals surface area contributed by atoms with E-state index < -0.39 is 11.9 Å². The molecule has 0 aliphatic carbocycles. The van der Waals surface area contributed by atoms with Gasteiger partial charge in [0, 0.05) is 0 Å². The highest BCUT2D eigenvalue weighted by molar-refractivity contribution is 5.97. The third-order valence-corrected chi connectivity index (χ3v) is 4.32. The van der Waals surface area contributed by atoms with Crippen LogP contribution < -0.4 is 19.6 Å². The standard InChI is InChI=1S/C24H22N2O6/c1-3-31-18-11-9-17(10-12-18)24(29)32-21-13-8-16(14-22(21)30-2)15-25-26-23(28)19-6-4-5-7-20(19)27/h4-15,27H,3H2,1-2H3,(H,26,28). The lowest BCUT2D eigenvalue weighted by atomic mass is 10.2. The molecule has 0 heterocycles. The van der Waals surface area contributed by atoms with Crippen LogP contribution in [0.5, 0.6) is 23.0 Å².